The summed E-state index contributed by atoms with van der Waals surface area (Å²) in [6.07, 6.45) is 0.216. The van der Waals surface area contributed by atoms with Crippen LogP contribution in [0.15, 0.2) is 0 Å². The van der Waals surface area contributed by atoms with Gasteiger partial charge in [0.05, 0.1) is 24.9 Å². The van der Waals surface area contributed by atoms with Gasteiger partial charge >= 0.3 is 6.18 Å². The molecule has 8 nitrogen and oxygen atoms in total. The number of nitrogens with one attached hydrogen (secondary N) is 2. The number of hydrogen-bond acceptors (Lipinski definition) is 6. The van der Waals surface area contributed by atoms with Gasteiger partial charge in [0, 0.05) is 37.0 Å². The van der Waals surface area contributed by atoms with Gasteiger partial charge in [0.2, 0.25) is 11.8 Å². The highest BCUT2D eigenvalue weighted by atomic mass is 19.4. The second-order valence-electron chi connectivity index (χ2n) is 12.9. The zero-order chi connectivity index (χ0) is 27.4. The molecule has 3 heterocycles. The second-order valence-corrected chi connectivity index (χ2v) is 12.9. The van der Waals surface area contributed by atoms with E-state index in [2.05, 4.69) is 29.7 Å². The van der Waals surface area contributed by atoms with Crippen LogP contribution in [0, 0.1) is 35.5 Å². The normalized spacial score (nSPS) is 41.6. The van der Waals surface area contributed by atoms with E-state index in [1.54, 1.807) is 4.90 Å². The molecule has 3 N–H and O–H groups in total. The van der Waals surface area contributed by atoms with Gasteiger partial charge in [-0.3, -0.25) is 14.5 Å². The predicted octanol–water partition coefficient (Wildman–Crippen LogP) is 2.54. The molecule has 0 aromatic rings. The van der Waals surface area contributed by atoms with Crippen LogP contribution in [0.2, 0.25) is 0 Å². The molecule has 5 aliphatic rings. The maximum atomic E-state index is 14.3. The lowest BCUT2D eigenvalue weighted by Crippen LogP contribution is -2.47. The minimum atomic E-state index is -4.45. The Balaban J connectivity index is 1.28. The summed E-state index contributed by atoms with van der Waals surface area (Å²) in [4.78, 5) is 32.5. The number of rotatable bonds is 5. The summed E-state index contributed by atoms with van der Waals surface area (Å²) in [5.74, 6) is -3.68. The van der Waals surface area contributed by atoms with Crippen LogP contribution in [0.1, 0.15) is 65.2 Å². The number of fused-ring (bicyclic) bond motifs is 1. The van der Waals surface area contributed by atoms with Crippen molar-refractivity contribution in [2.24, 2.45) is 35.5 Å². The summed E-state index contributed by atoms with van der Waals surface area (Å²) in [5, 5.41) is 9.98. The van der Waals surface area contributed by atoms with Crippen LogP contribution in [0.4, 0.5) is 13.2 Å². The molecule has 5 fully saturated rings. The molecule has 10 atom stereocenters. The van der Waals surface area contributed by atoms with E-state index in [1.165, 1.54) is 4.90 Å². The molecule has 3 aliphatic heterocycles. The molecule has 2 aliphatic carbocycles. The molecular formula is C27H44F3N5O3. The number of carbonyl (C=O) groups is 2. The summed E-state index contributed by atoms with van der Waals surface area (Å²) in [7, 11) is 2.07. The fraction of sp³-hybridized carbons (Fsp3) is 0.926. The van der Waals surface area contributed by atoms with Crippen molar-refractivity contribution in [3.05, 3.63) is 0 Å². The van der Waals surface area contributed by atoms with Gasteiger partial charge in [0.15, 0.2) is 0 Å². The first-order chi connectivity index (χ1) is 17.9. The van der Waals surface area contributed by atoms with Crippen LogP contribution in [0.25, 0.3) is 0 Å². The zero-order valence-electron chi connectivity index (χ0n) is 22.8. The van der Waals surface area contributed by atoms with E-state index in [4.69, 9.17) is 0 Å². The van der Waals surface area contributed by atoms with Gasteiger partial charge in [-0.15, -0.1) is 0 Å². The molecule has 38 heavy (non-hydrogen) atoms. The fourth-order valence-corrected chi connectivity index (χ4v) is 8.15. The summed E-state index contributed by atoms with van der Waals surface area (Å²) < 4.78 is 42.9. The molecule has 5 rings (SSSR count). The first-order valence-corrected chi connectivity index (χ1v) is 14.5. The molecule has 2 saturated carbocycles. The van der Waals surface area contributed by atoms with Crippen molar-refractivity contribution < 1.29 is 27.9 Å². The van der Waals surface area contributed by atoms with E-state index < -0.39 is 36.0 Å². The molecule has 2 amide bonds. The van der Waals surface area contributed by atoms with Crippen molar-refractivity contribution in [1.82, 2.24) is 25.6 Å². The van der Waals surface area contributed by atoms with Gasteiger partial charge in [-0.2, -0.15) is 13.2 Å². The van der Waals surface area contributed by atoms with Crippen LogP contribution in [0.3, 0.4) is 0 Å². The number of aliphatic hydroxyl groups excluding tert-OH is 1. The topological polar surface area (TPSA) is 88.2 Å². The summed E-state index contributed by atoms with van der Waals surface area (Å²) in [6.45, 7) is 5.16. The molecule has 0 radical (unpaired) electrons. The maximum Gasteiger partial charge on any atom is 0.392 e. The lowest BCUT2D eigenvalue weighted by Gasteiger charge is -2.39. The van der Waals surface area contributed by atoms with Crippen molar-refractivity contribution in [3.63, 3.8) is 0 Å². The monoisotopic (exact) mass is 543 g/mol. The number of carbonyl (C=O) groups excluding carboxylic acids is 2. The Morgan fingerprint density at radius 1 is 1.16 bits per heavy atom. The van der Waals surface area contributed by atoms with Gasteiger partial charge in [-0.1, -0.05) is 19.8 Å². The van der Waals surface area contributed by atoms with E-state index in [0.717, 1.165) is 38.8 Å². The highest BCUT2D eigenvalue weighted by Gasteiger charge is 2.59. The quantitative estimate of drug-likeness (QED) is 0.494. The third-order valence-electron chi connectivity index (χ3n) is 10.4. The van der Waals surface area contributed by atoms with Crippen LogP contribution < -0.4 is 10.9 Å². The van der Waals surface area contributed by atoms with Gasteiger partial charge in [-0.25, -0.2) is 10.9 Å². The van der Waals surface area contributed by atoms with E-state index in [0.29, 0.717) is 18.3 Å². The summed E-state index contributed by atoms with van der Waals surface area (Å²) >= 11 is 0. The van der Waals surface area contributed by atoms with E-state index >= 15 is 0 Å². The van der Waals surface area contributed by atoms with Crippen molar-refractivity contribution >= 4 is 11.8 Å². The first-order valence-electron chi connectivity index (χ1n) is 14.5. The Morgan fingerprint density at radius 3 is 2.55 bits per heavy atom. The van der Waals surface area contributed by atoms with Crippen molar-refractivity contribution in [3.8, 4) is 0 Å². The number of amides is 2. The zero-order valence-corrected chi connectivity index (χ0v) is 22.8. The third-order valence-corrected chi connectivity index (χ3v) is 10.4. The Morgan fingerprint density at radius 2 is 1.92 bits per heavy atom. The Hall–Kier alpha value is -1.43. The van der Waals surface area contributed by atoms with E-state index in [1.807, 2.05) is 6.92 Å². The van der Waals surface area contributed by atoms with Crippen LogP contribution in [-0.4, -0.2) is 89.0 Å². The number of hydrazine groups is 1. The standard InChI is InChI=1S/C27H44F3N5O3/c1-15(7-24-32-31-14-33(24)3)17-5-4-6-19(9-17)35-13-22-21(26(35)38)10-18(11-23(22)27(28,29)30)25(37)34-12-20(36)8-16(34)2/h15-24,31-32,36H,4-14H2,1-3H3/t15-,16-,17?,18?,19?,20+,21?,22?,23?,24?/m1/s1. The molecule has 0 aromatic carbocycles. The average Bonchev–Trinajstić information content (AvgIpc) is 3.53. The number of alkyl halides is 3. The smallest absolute Gasteiger partial charge is 0.391 e. The molecule has 0 aromatic heterocycles. The average molecular weight is 544 g/mol. The largest absolute Gasteiger partial charge is 0.392 e. The number of halogens is 3. The summed E-state index contributed by atoms with van der Waals surface area (Å²) in [6, 6.07) is -0.231. The number of aliphatic hydroxyl groups is 1. The van der Waals surface area contributed by atoms with Crippen molar-refractivity contribution in [2.75, 3.05) is 26.8 Å². The molecule has 3 saturated heterocycles. The SMILES string of the molecule is C[C@H](CC1NNCN1C)C1CCCC(N2CC3C(CC(C(=O)N4C[C@@H](O)C[C@H]4C)CC3C(F)(F)F)C2=O)C1. The van der Waals surface area contributed by atoms with Gasteiger partial charge < -0.3 is 14.9 Å². The van der Waals surface area contributed by atoms with E-state index in [-0.39, 0.29) is 56.0 Å². The maximum absolute atomic E-state index is 14.3. The number of likely N-dealkylation sites (tertiary alicyclic amines) is 2. The lowest BCUT2D eigenvalue weighted by atomic mass is 9.68. The van der Waals surface area contributed by atoms with Gasteiger partial charge in [0.1, 0.15) is 0 Å². The summed E-state index contributed by atoms with van der Waals surface area (Å²) in [5.41, 5.74) is 6.46. The minimum Gasteiger partial charge on any atom is -0.391 e. The van der Waals surface area contributed by atoms with Gasteiger partial charge in [-0.05, 0) is 70.3 Å². The fourth-order valence-electron chi connectivity index (χ4n) is 8.15. The Labute approximate surface area is 223 Å². The molecule has 7 unspecified atom stereocenters. The van der Waals surface area contributed by atoms with Crippen LogP contribution >= 0.6 is 0 Å². The molecule has 216 valence electrons. The van der Waals surface area contributed by atoms with Crippen molar-refractivity contribution in [2.45, 2.75) is 95.7 Å². The molecular weight excluding hydrogens is 499 g/mol. The minimum absolute atomic E-state index is 0.0292. The van der Waals surface area contributed by atoms with E-state index in [9.17, 15) is 27.9 Å². The van der Waals surface area contributed by atoms with Gasteiger partial charge in [0.25, 0.3) is 0 Å². The number of nitrogens with zero attached hydrogens (tertiary/aromatic N) is 3. The Bertz CT molecular complexity index is 891. The highest BCUT2D eigenvalue weighted by Crippen LogP contribution is 2.51. The number of β-amino-alcohol motifs (C(OH)–C–C–N with tert-alkyl or cyclic N) is 1. The second kappa shape index (κ2) is 10.9. The van der Waals surface area contributed by atoms with Crippen LogP contribution in [-0.2, 0) is 9.59 Å². The first kappa shape index (κ1) is 28.1. The molecule has 0 spiro atoms. The number of hydrogen-bond donors (Lipinski definition) is 3. The molecule has 11 heteroatoms. The third kappa shape index (κ3) is 5.45. The predicted molar refractivity (Wildman–Crippen MR) is 135 cm³/mol. The van der Waals surface area contributed by atoms with Crippen molar-refractivity contribution in [1.29, 1.82) is 0 Å². The molecule has 0 bridgehead atoms. The highest BCUT2D eigenvalue weighted by molar-refractivity contribution is 5.85. The Kier molecular flexibility index (Phi) is 8.03. The lowest BCUT2D eigenvalue weighted by molar-refractivity contribution is -0.204. The van der Waals surface area contributed by atoms with Crippen LogP contribution in [0.5, 0.6) is 0 Å².